The van der Waals surface area contributed by atoms with Crippen molar-refractivity contribution in [1.82, 2.24) is 5.43 Å². The van der Waals surface area contributed by atoms with Gasteiger partial charge in [-0.15, -0.1) is 0 Å². The van der Waals surface area contributed by atoms with Gasteiger partial charge in [0.1, 0.15) is 0 Å². The minimum Gasteiger partial charge on any atom is -0.469 e. The number of nitrogens with one attached hydrogen (secondary N) is 1. The number of hydrogen-bond acceptors (Lipinski definition) is 4. The van der Waals surface area contributed by atoms with Crippen molar-refractivity contribution in [1.29, 1.82) is 0 Å². The van der Waals surface area contributed by atoms with Crippen LogP contribution in [0.15, 0.2) is 5.10 Å². The summed E-state index contributed by atoms with van der Waals surface area (Å²) in [5.41, 5.74) is 8.15. The van der Waals surface area contributed by atoms with E-state index in [1.54, 1.807) is 0 Å². The van der Waals surface area contributed by atoms with Crippen molar-refractivity contribution in [3.8, 4) is 0 Å². The maximum absolute atomic E-state index is 11.1. The van der Waals surface area contributed by atoms with E-state index < -0.39 is 6.03 Å². The summed E-state index contributed by atoms with van der Waals surface area (Å²) in [6.07, 6.45) is 5.14. The van der Waals surface area contributed by atoms with Crippen LogP contribution in [0.25, 0.3) is 0 Å². The van der Waals surface area contributed by atoms with E-state index in [4.69, 9.17) is 5.73 Å². The lowest BCUT2D eigenvalue weighted by molar-refractivity contribution is -0.140. The lowest BCUT2D eigenvalue weighted by atomic mass is 9.84. The summed E-state index contributed by atoms with van der Waals surface area (Å²) in [5.74, 6) is 0.0347. The minimum atomic E-state index is -0.658. The van der Waals surface area contributed by atoms with Gasteiger partial charge in [0, 0.05) is 12.1 Å². The molecule has 0 bridgehead atoms. The summed E-state index contributed by atoms with van der Waals surface area (Å²) in [6.45, 7) is 0. The van der Waals surface area contributed by atoms with Crippen LogP contribution in [0.1, 0.15) is 38.5 Å². The van der Waals surface area contributed by atoms with E-state index in [9.17, 15) is 9.59 Å². The van der Waals surface area contributed by atoms with Gasteiger partial charge in [-0.3, -0.25) is 4.79 Å². The van der Waals surface area contributed by atoms with Crippen LogP contribution >= 0.6 is 0 Å². The Kier molecular flexibility index (Phi) is 5.45. The van der Waals surface area contributed by atoms with E-state index in [0.717, 1.165) is 31.4 Å². The predicted molar refractivity (Wildman–Crippen MR) is 63.4 cm³/mol. The molecule has 0 saturated heterocycles. The van der Waals surface area contributed by atoms with Gasteiger partial charge in [0.25, 0.3) is 0 Å². The average molecular weight is 241 g/mol. The molecule has 1 aliphatic carbocycles. The Morgan fingerprint density at radius 2 is 2.29 bits per heavy atom. The van der Waals surface area contributed by atoms with Crippen molar-refractivity contribution in [3.63, 3.8) is 0 Å². The van der Waals surface area contributed by atoms with Crippen molar-refractivity contribution in [3.05, 3.63) is 0 Å². The predicted octanol–water partition coefficient (Wildman–Crippen LogP) is 1.15. The summed E-state index contributed by atoms with van der Waals surface area (Å²) in [7, 11) is 1.38. The molecular weight excluding hydrogens is 222 g/mol. The molecule has 1 aliphatic rings. The van der Waals surface area contributed by atoms with Gasteiger partial charge in [-0.05, 0) is 31.6 Å². The molecule has 96 valence electrons. The summed E-state index contributed by atoms with van der Waals surface area (Å²) in [4.78, 5) is 21.7. The highest BCUT2D eigenvalue weighted by molar-refractivity contribution is 5.88. The molecule has 0 aromatic heterocycles. The minimum absolute atomic E-state index is 0.210. The summed E-state index contributed by atoms with van der Waals surface area (Å²) in [6, 6.07) is -0.658. The Bertz CT molecular complexity index is 315. The van der Waals surface area contributed by atoms with E-state index in [0.29, 0.717) is 12.8 Å². The Balaban J connectivity index is 2.50. The zero-order chi connectivity index (χ0) is 12.7. The fraction of sp³-hybridized carbons (Fsp3) is 0.727. The number of carbonyl (C=O) groups excluding carboxylic acids is 2. The number of rotatable bonds is 4. The van der Waals surface area contributed by atoms with E-state index in [1.807, 2.05) is 0 Å². The molecule has 0 aromatic carbocycles. The van der Waals surface area contributed by atoms with Gasteiger partial charge in [-0.2, -0.15) is 5.10 Å². The first-order valence-corrected chi connectivity index (χ1v) is 5.82. The lowest BCUT2D eigenvalue weighted by Crippen LogP contribution is -2.29. The maximum atomic E-state index is 11.1. The van der Waals surface area contributed by atoms with Crippen molar-refractivity contribution >= 4 is 17.7 Å². The molecule has 1 fully saturated rings. The number of amides is 2. The van der Waals surface area contributed by atoms with Crippen LogP contribution in [0.5, 0.6) is 0 Å². The standard InChI is InChI=1S/C11H19N3O3/c1-17-10(15)7-6-8-4-2-3-5-9(8)13-14-11(12)16/h8H,2-7H2,1H3,(H3,12,14,16)/b13-9+/t8-/m0/s1. The summed E-state index contributed by atoms with van der Waals surface area (Å²) >= 11 is 0. The SMILES string of the molecule is COC(=O)CC[C@@H]1CCCC/C1=N\NC(N)=O. The van der Waals surface area contributed by atoms with Crippen LogP contribution in [-0.4, -0.2) is 24.8 Å². The fourth-order valence-corrected chi connectivity index (χ4v) is 2.05. The Morgan fingerprint density at radius 1 is 1.53 bits per heavy atom. The molecule has 1 rings (SSSR count). The second kappa shape index (κ2) is 6.88. The first-order chi connectivity index (χ1) is 8.13. The number of esters is 1. The molecule has 1 atom stereocenters. The van der Waals surface area contributed by atoms with Crippen molar-refractivity contribution < 1.29 is 14.3 Å². The number of nitrogens with zero attached hydrogens (tertiary/aromatic N) is 1. The summed E-state index contributed by atoms with van der Waals surface area (Å²) in [5, 5.41) is 4.01. The van der Waals surface area contributed by atoms with Crippen molar-refractivity contribution in [2.24, 2.45) is 16.8 Å². The molecule has 0 heterocycles. The smallest absolute Gasteiger partial charge is 0.332 e. The zero-order valence-corrected chi connectivity index (χ0v) is 10.1. The van der Waals surface area contributed by atoms with Gasteiger partial charge in [0.2, 0.25) is 0 Å². The highest BCUT2D eigenvalue weighted by atomic mass is 16.5. The second-order valence-corrected chi connectivity index (χ2v) is 4.14. The normalized spacial score (nSPS) is 22.2. The van der Waals surface area contributed by atoms with E-state index >= 15 is 0 Å². The second-order valence-electron chi connectivity index (χ2n) is 4.14. The molecule has 0 unspecified atom stereocenters. The molecule has 3 N–H and O–H groups in total. The Labute approximate surface area is 101 Å². The number of carbonyl (C=O) groups is 2. The number of hydrogen-bond donors (Lipinski definition) is 2. The lowest BCUT2D eigenvalue weighted by Gasteiger charge is -2.23. The molecule has 1 saturated carbocycles. The Hall–Kier alpha value is -1.59. The van der Waals surface area contributed by atoms with Crippen LogP contribution in [-0.2, 0) is 9.53 Å². The zero-order valence-electron chi connectivity index (χ0n) is 10.1. The third kappa shape index (κ3) is 4.84. The number of ether oxygens (including phenoxy) is 1. The van der Waals surface area contributed by atoms with E-state index in [1.165, 1.54) is 7.11 Å². The maximum Gasteiger partial charge on any atom is 0.332 e. The quantitative estimate of drug-likeness (QED) is 0.571. The highest BCUT2D eigenvalue weighted by Gasteiger charge is 2.21. The monoisotopic (exact) mass is 241 g/mol. The van der Waals surface area contributed by atoms with Gasteiger partial charge >= 0.3 is 12.0 Å². The molecule has 6 nitrogen and oxygen atoms in total. The van der Waals surface area contributed by atoms with Crippen LogP contribution in [0.4, 0.5) is 4.79 Å². The number of urea groups is 1. The van der Waals surface area contributed by atoms with E-state index in [-0.39, 0.29) is 11.9 Å². The van der Waals surface area contributed by atoms with Crippen LogP contribution in [0.2, 0.25) is 0 Å². The van der Waals surface area contributed by atoms with Crippen LogP contribution in [0, 0.1) is 5.92 Å². The fourth-order valence-electron chi connectivity index (χ4n) is 2.05. The van der Waals surface area contributed by atoms with E-state index in [2.05, 4.69) is 15.3 Å². The first-order valence-electron chi connectivity index (χ1n) is 5.82. The third-order valence-electron chi connectivity index (χ3n) is 2.94. The van der Waals surface area contributed by atoms with Gasteiger partial charge in [0.15, 0.2) is 0 Å². The van der Waals surface area contributed by atoms with Gasteiger partial charge in [-0.25, -0.2) is 10.2 Å². The number of hydrazone groups is 1. The molecular formula is C11H19N3O3. The molecule has 2 amide bonds. The van der Waals surface area contributed by atoms with Gasteiger partial charge < -0.3 is 10.5 Å². The molecule has 0 radical (unpaired) electrons. The molecule has 0 spiro atoms. The van der Waals surface area contributed by atoms with Crippen molar-refractivity contribution in [2.75, 3.05) is 7.11 Å². The molecule has 17 heavy (non-hydrogen) atoms. The number of nitrogens with two attached hydrogens (primary N) is 1. The van der Waals surface area contributed by atoms with Gasteiger partial charge in [-0.1, -0.05) is 6.42 Å². The third-order valence-corrected chi connectivity index (χ3v) is 2.94. The molecule has 6 heteroatoms. The number of primary amides is 1. The van der Waals surface area contributed by atoms with Crippen molar-refractivity contribution in [2.45, 2.75) is 38.5 Å². The molecule has 0 aliphatic heterocycles. The van der Waals surface area contributed by atoms with Crippen LogP contribution in [0.3, 0.4) is 0 Å². The molecule has 0 aromatic rings. The topological polar surface area (TPSA) is 93.8 Å². The average Bonchev–Trinajstić information content (AvgIpc) is 2.34. The highest BCUT2D eigenvalue weighted by Crippen LogP contribution is 2.25. The van der Waals surface area contributed by atoms with Crippen LogP contribution < -0.4 is 11.2 Å². The van der Waals surface area contributed by atoms with Gasteiger partial charge in [0.05, 0.1) is 7.11 Å². The number of methoxy groups -OCH3 is 1. The largest absolute Gasteiger partial charge is 0.469 e. The Morgan fingerprint density at radius 3 is 2.94 bits per heavy atom. The summed E-state index contributed by atoms with van der Waals surface area (Å²) < 4.78 is 4.61. The first kappa shape index (κ1) is 13.5.